The molecule has 13 nitrogen and oxygen atoms in total. The highest BCUT2D eigenvalue weighted by Crippen LogP contribution is 2.35. The smallest absolute Gasteiger partial charge is 0.255 e. The predicted octanol–water partition coefficient (Wildman–Crippen LogP) is 6.54. The van der Waals surface area contributed by atoms with Crippen molar-refractivity contribution in [3.8, 4) is 16.9 Å². The van der Waals surface area contributed by atoms with E-state index in [9.17, 15) is 24.3 Å². The van der Waals surface area contributed by atoms with Crippen molar-refractivity contribution < 1.29 is 24.3 Å². The number of nitrogens with one attached hydrogen (secondary N) is 1. The number of hydrogen-bond donors (Lipinski definition) is 2. The Bertz CT molecular complexity index is 2730. The van der Waals surface area contributed by atoms with E-state index in [4.69, 9.17) is 0 Å². The Morgan fingerprint density at radius 3 is 2.26 bits per heavy atom. The summed E-state index contributed by atoms with van der Waals surface area (Å²) < 4.78 is 2.07. The molecule has 3 aliphatic heterocycles. The fourth-order valence-corrected chi connectivity index (χ4v) is 9.71. The quantitative estimate of drug-likeness (QED) is 0.126. The van der Waals surface area contributed by atoms with Gasteiger partial charge in [0.25, 0.3) is 5.91 Å². The number of amides is 4. The number of para-hydroxylation sites is 1. The Kier molecular flexibility index (Phi) is 12.7. The van der Waals surface area contributed by atoms with E-state index in [-0.39, 0.29) is 68.4 Å². The molecule has 0 radical (unpaired) electrons. The van der Waals surface area contributed by atoms with Crippen LogP contribution in [0.5, 0.6) is 5.75 Å². The number of carbonyl (C=O) groups excluding carboxylic acids is 4. The van der Waals surface area contributed by atoms with Crippen molar-refractivity contribution in [2.45, 2.75) is 38.0 Å². The van der Waals surface area contributed by atoms with Crippen molar-refractivity contribution in [1.29, 1.82) is 0 Å². The average Bonchev–Trinajstić information content (AvgIpc) is 3.67. The van der Waals surface area contributed by atoms with Crippen LogP contribution in [0.4, 0.5) is 11.4 Å². The van der Waals surface area contributed by atoms with Gasteiger partial charge in [-0.05, 0) is 84.3 Å². The maximum absolute atomic E-state index is 14.8. The summed E-state index contributed by atoms with van der Waals surface area (Å²) in [6.07, 6.45) is 3.97. The molecule has 4 amide bonds. The number of carbonyl (C=O) groups is 4. The number of benzene rings is 5. The summed E-state index contributed by atoms with van der Waals surface area (Å²) in [4.78, 5) is 64.7. The third kappa shape index (κ3) is 9.17. The fraction of sp³-hybridized carbons (Fsp3) is 0.283. The average molecular weight is 885 g/mol. The molecule has 5 aromatic carbocycles. The van der Waals surface area contributed by atoms with Crippen LogP contribution in [0.1, 0.15) is 33.5 Å². The van der Waals surface area contributed by atoms with E-state index in [2.05, 4.69) is 45.6 Å². The maximum atomic E-state index is 14.8. The fourth-order valence-electron chi connectivity index (χ4n) is 9.71. The Labute approximate surface area is 385 Å². The van der Waals surface area contributed by atoms with Crippen LogP contribution in [0.15, 0.2) is 140 Å². The number of piperazine rings is 2. The highest BCUT2D eigenvalue weighted by atomic mass is 16.3. The van der Waals surface area contributed by atoms with Gasteiger partial charge in [-0.3, -0.25) is 19.2 Å². The number of anilines is 2. The molecule has 3 saturated heterocycles. The Morgan fingerprint density at radius 2 is 1.55 bits per heavy atom. The van der Waals surface area contributed by atoms with E-state index < -0.39 is 12.2 Å². The topological polar surface area (TPSA) is 125 Å². The molecule has 9 rings (SSSR count). The number of hydrazine groups is 1. The molecule has 3 aliphatic rings. The minimum absolute atomic E-state index is 0.0665. The van der Waals surface area contributed by atoms with E-state index in [1.54, 1.807) is 50.2 Å². The second-order valence-electron chi connectivity index (χ2n) is 17.6. The van der Waals surface area contributed by atoms with Gasteiger partial charge in [-0.25, -0.2) is 10.0 Å². The summed E-state index contributed by atoms with van der Waals surface area (Å²) in [7, 11) is 4.13. The van der Waals surface area contributed by atoms with Crippen LogP contribution in [0.3, 0.4) is 0 Å². The number of likely N-dealkylation sites (N-methyl/N-ethyl adjacent to an activating group) is 1. The number of phenolic OH excluding ortho intramolecular Hbond substituents is 1. The molecule has 13 heteroatoms. The first-order chi connectivity index (χ1) is 32.0. The number of nitrogens with zero attached hydrogens (tertiary/aromatic N) is 7. The summed E-state index contributed by atoms with van der Waals surface area (Å²) in [6.45, 7) is 8.46. The van der Waals surface area contributed by atoms with Gasteiger partial charge < -0.3 is 34.6 Å². The van der Waals surface area contributed by atoms with Crippen molar-refractivity contribution in [3.63, 3.8) is 0 Å². The number of aryl methyl sites for hydroxylation is 2. The molecule has 338 valence electrons. The number of phenols is 1. The molecule has 6 aromatic rings. The zero-order valence-electron chi connectivity index (χ0n) is 37.6. The summed E-state index contributed by atoms with van der Waals surface area (Å²) in [5.74, 6) is -0.657. The van der Waals surface area contributed by atoms with Crippen molar-refractivity contribution in [1.82, 2.24) is 29.3 Å². The molecular formula is C53H56N8O5. The van der Waals surface area contributed by atoms with Crippen LogP contribution in [0.25, 0.3) is 22.0 Å². The van der Waals surface area contributed by atoms with E-state index in [1.807, 2.05) is 98.0 Å². The molecule has 66 heavy (non-hydrogen) atoms. The van der Waals surface area contributed by atoms with E-state index in [0.717, 1.165) is 70.6 Å². The van der Waals surface area contributed by atoms with Crippen LogP contribution in [-0.4, -0.2) is 123 Å². The standard InChI is InChI=1S/C53H56N8O5/c1-4-27-59-36-50(64)60-47(32-38-13-24-44(62)25-14-38)53(66)58(35-48(60)61(59)49(63)26-15-37-9-6-5-7-10-37)33-41-11-8-12-45-46(34-56(3)51(41)45)39-16-20-42(21-17-39)54-52(65)40-18-22-43(23-19-40)57-30-28-55(2)29-31-57/h4-14,16-25,34,47-48,62H,1,15,26-33,35-36H2,2-3H3,(H,54,65)/t47-,48-/m0/s1. The molecule has 0 bridgehead atoms. The summed E-state index contributed by atoms with van der Waals surface area (Å²) in [5.41, 5.74) is 8.07. The van der Waals surface area contributed by atoms with Gasteiger partial charge in [-0.2, -0.15) is 0 Å². The lowest BCUT2D eigenvalue weighted by atomic mass is 9.97. The van der Waals surface area contributed by atoms with Gasteiger partial charge >= 0.3 is 0 Å². The van der Waals surface area contributed by atoms with Crippen LogP contribution < -0.4 is 10.2 Å². The molecule has 0 unspecified atom stereocenters. The predicted molar refractivity (Wildman–Crippen MR) is 257 cm³/mol. The van der Waals surface area contributed by atoms with Crippen LogP contribution in [-0.2, 0) is 40.8 Å². The van der Waals surface area contributed by atoms with Crippen molar-refractivity contribution >= 4 is 45.9 Å². The normalized spacial score (nSPS) is 18.2. The zero-order valence-corrected chi connectivity index (χ0v) is 37.6. The van der Waals surface area contributed by atoms with Crippen LogP contribution >= 0.6 is 0 Å². The second-order valence-corrected chi connectivity index (χ2v) is 17.6. The molecule has 2 N–H and O–H groups in total. The summed E-state index contributed by atoms with van der Waals surface area (Å²) in [5, 5.41) is 17.5. The number of aromatic hydroxyl groups is 1. The molecule has 4 heterocycles. The highest BCUT2D eigenvalue weighted by Gasteiger charge is 2.51. The van der Waals surface area contributed by atoms with Crippen molar-refractivity contribution in [2.75, 3.05) is 63.1 Å². The van der Waals surface area contributed by atoms with Crippen LogP contribution in [0.2, 0.25) is 0 Å². The van der Waals surface area contributed by atoms with E-state index >= 15 is 0 Å². The lowest BCUT2D eigenvalue weighted by molar-refractivity contribution is -0.205. The lowest BCUT2D eigenvalue weighted by Gasteiger charge is -2.55. The van der Waals surface area contributed by atoms with E-state index in [1.165, 1.54) is 0 Å². The van der Waals surface area contributed by atoms with Gasteiger partial charge in [0.1, 0.15) is 18.0 Å². The largest absolute Gasteiger partial charge is 0.508 e. The third-order valence-corrected chi connectivity index (χ3v) is 13.2. The molecule has 0 spiro atoms. The SMILES string of the molecule is C=CCN1CC(=O)N2[C@@H](Cc3ccc(O)cc3)C(=O)N(Cc3cccc4c(-c5ccc(NC(=O)c6ccc(N7CCN(C)CC7)cc6)cc5)cn(C)c34)C[C@@H]2N1C(=O)CCc1ccccc1. The van der Waals surface area contributed by atoms with Gasteiger partial charge in [-0.15, -0.1) is 6.58 Å². The number of fused-ring (bicyclic) bond motifs is 2. The van der Waals surface area contributed by atoms with Gasteiger partial charge in [0.2, 0.25) is 17.7 Å². The number of hydrogen-bond acceptors (Lipinski definition) is 8. The Hall–Kier alpha value is -7.22. The van der Waals surface area contributed by atoms with Crippen LogP contribution in [0, 0.1) is 0 Å². The Morgan fingerprint density at radius 1 is 0.818 bits per heavy atom. The second kappa shape index (κ2) is 19.1. The monoisotopic (exact) mass is 884 g/mol. The molecule has 0 aliphatic carbocycles. The van der Waals surface area contributed by atoms with Gasteiger partial charge in [0, 0.05) is 93.2 Å². The minimum atomic E-state index is -0.889. The first-order valence-electron chi connectivity index (χ1n) is 22.7. The molecule has 2 atom stereocenters. The third-order valence-electron chi connectivity index (χ3n) is 13.2. The summed E-state index contributed by atoms with van der Waals surface area (Å²) in [6, 6.07) is 37.3. The first-order valence-corrected chi connectivity index (χ1v) is 22.7. The van der Waals surface area contributed by atoms with Crippen molar-refractivity contribution in [3.05, 3.63) is 162 Å². The Balaban J connectivity index is 0.969. The number of rotatable bonds is 13. The lowest BCUT2D eigenvalue weighted by Crippen LogP contribution is -2.75. The zero-order chi connectivity index (χ0) is 45.9. The minimum Gasteiger partial charge on any atom is -0.508 e. The maximum Gasteiger partial charge on any atom is 0.255 e. The molecule has 1 aromatic heterocycles. The molecule has 0 saturated carbocycles. The molecule has 3 fully saturated rings. The van der Waals surface area contributed by atoms with Gasteiger partial charge in [0.15, 0.2) is 0 Å². The molecular weight excluding hydrogens is 829 g/mol. The highest BCUT2D eigenvalue weighted by molar-refractivity contribution is 6.05. The summed E-state index contributed by atoms with van der Waals surface area (Å²) >= 11 is 0. The first kappa shape index (κ1) is 44.0. The number of aromatic nitrogens is 1. The van der Waals surface area contributed by atoms with E-state index in [0.29, 0.717) is 17.7 Å². The van der Waals surface area contributed by atoms with Gasteiger partial charge in [-0.1, -0.05) is 78.9 Å². The van der Waals surface area contributed by atoms with Crippen molar-refractivity contribution in [2.24, 2.45) is 7.05 Å². The van der Waals surface area contributed by atoms with Gasteiger partial charge in [0.05, 0.1) is 18.6 Å².